The van der Waals surface area contributed by atoms with Crippen LogP contribution in [0, 0.1) is 0 Å². The van der Waals surface area contributed by atoms with E-state index in [0.29, 0.717) is 0 Å². The molecular formula is C13H18O. The van der Waals surface area contributed by atoms with Crippen molar-refractivity contribution in [2.45, 2.75) is 39.5 Å². The zero-order valence-corrected chi connectivity index (χ0v) is 9.05. The first kappa shape index (κ1) is 11.0. The molecule has 0 saturated heterocycles. The first-order valence-corrected chi connectivity index (χ1v) is 5.27. The second kappa shape index (κ2) is 5.58. The molecule has 0 unspecified atom stereocenters. The summed E-state index contributed by atoms with van der Waals surface area (Å²) >= 11 is 0. The lowest BCUT2D eigenvalue weighted by atomic mass is 9.97. The standard InChI is InChI=1S/C13H18O/c1-3-11(2)13(14)12-9-7-5-4-6-8-10-12/h3-5,10H,6-9H2,1-2H3/b5-4-,11-3+,12-10+. The zero-order chi connectivity index (χ0) is 10.4. The predicted octanol–water partition coefficient (Wildman–Crippen LogP) is 3.58. The highest BCUT2D eigenvalue weighted by molar-refractivity contribution is 6.07. The van der Waals surface area contributed by atoms with Gasteiger partial charge >= 0.3 is 0 Å². The van der Waals surface area contributed by atoms with Crippen molar-refractivity contribution in [2.75, 3.05) is 0 Å². The third-order valence-corrected chi connectivity index (χ3v) is 2.55. The van der Waals surface area contributed by atoms with Crippen molar-refractivity contribution in [3.63, 3.8) is 0 Å². The van der Waals surface area contributed by atoms with Crippen molar-refractivity contribution in [1.82, 2.24) is 0 Å². The smallest absolute Gasteiger partial charge is 0.184 e. The van der Waals surface area contributed by atoms with Crippen molar-refractivity contribution in [3.8, 4) is 0 Å². The molecule has 1 nitrogen and oxygen atoms in total. The summed E-state index contributed by atoms with van der Waals surface area (Å²) in [6.07, 6.45) is 12.3. The Morgan fingerprint density at radius 2 is 2.00 bits per heavy atom. The number of Topliss-reactive ketones (excluding diaryl/α,β-unsaturated/α-hetero) is 1. The quantitative estimate of drug-likeness (QED) is 0.480. The Kier molecular flexibility index (Phi) is 4.37. The van der Waals surface area contributed by atoms with Gasteiger partial charge in [-0.3, -0.25) is 4.79 Å². The lowest BCUT2D eigenvalue weighted by Crippen LogP contribution is -2.04. The maximum Gasteiger partial charge on any atom is 0.184 e. The van der Waals surface area contributed by atoms with Gasteiger partial charge < -0.3 is 0 Å². The molecule has 14 heavy (non-hydrogen) atoms. The van der Waals surface area contributed by atoms with Gasteiger partial charge in [0.05, 0.1) is 0 Å². The van der Waals surface area contributed by atoms with E-state index in [2.05, 4.69) is 18.2 Å². The Bertz CT molecular complexity index is 292. The van der Waals surface area contributed by atoms with Crippen LogP contribution in [0.4, 0.5) is 0 Å². The molecule has 1 aliphatic carbocycles. The number of rotatable bonds is 2. The molecule has 1 heteroatoms. The van der Waals surface area contributed by atoms with Crippen LogP contribution >= 0.6 is 0 Å². The molecule has 1 rings (SSSR count). The van der Waals surface area contributed by atoms with Gasteiger partial charge in [-0.15, -0.1) is 0 Å². The van der Waals surface area contributed by atoms with E-state index in [1.807, 2.05) is 19.9 Å². The first-order valence-electron chi connectivity index (χ1n) is 5.27. The Morgan fingerprint density at radius 3 is 2.71 bits per heavy atom. The summed E-state index contributed by atoms with van der Waals surface area (Å²) < 4.78 is 0. The van der Waals surface area contributed by atoms with Crippen molar-refractivity contribution in [1.29, 1.82) is 0 Å². The molecule has 0 amide bonds. The van der Waals surface area contributed by atoms with E-state index in [0.717, 1.165) is 36.8 Å². The molecule has 0 atom stereocenters. The van der Waals surface area contributed by atoms with Gasteiger partial charge in [-0.05, 0) is 50.7 Å². The highest BCUT2D eigenvalue weighted by Crippen LogP contribution is 2.16. The number of hydrogen-bond acceptors (Lipinski definition) is 1. The zero-order valence-electron chi connectivity index (χ0n) is 9.05. The van der Waals surface area contributed by atoms with Crippen LogP contribution in [0.25, 0.3) is 0 Å². The van der Waals surface area contributed by atoms with Crippen molar-refractivity contribution in [3.05, 3.63) is 35.5 Å². The largest absolute Gasteiger partial charge is 0.289 e. The van der Waals surface area contributed by atoms with E-state index in [9.17, 15) is 4.79 Å². The van der Waals surface area contributed by atoms with Crippen LogP contribution in [-0.4, -0.2) is 5.78 Å². The molecule has 0 N–H and O–H groups in total. The van der Waals surface area contributed by atoms with Gasteiger partial charge in [-0.2, -0.15) is 0 Å². The number of carbonyl (C=O) groups excluding carboxylic acids is 1. The lowest BCUT2D eigenvalue weighted by molar-refractivity contribution is -0.112. The van der Waals surface area contributed by atoms with Crippen LogP contribution < -0.4 is 0 Å². The normalized spacial score (nSPS) is 24.4. The van der Waals surface area contributed by atoms with Crippen molar-refractivity contribution in [2.24, 2.45) is 0 Å². The van der Waals surface area contributed by atoms with Gasteiger partial charge in [0.15, 0.2) is 5.78 Å². The molecule has 0 aliphatic heterocycles. The summed E-state index contributed by atoms with van der Waals surface area (Å²) in [5.41, 5.74) is 1.85. The van der Waals surface area contributed by atoms with E-state index in [1.165, 1.54) is 0 Å². The highest BCUT2D eigenvalue weighted by atomic mass is 16.1. The van der Waals surface area contributed by atoms with Crippen molar-refractivity contribution >= 4 is 5.78 Å². The monoisotopic (exact) mass is 190 g/mol. The molecular weight excluding hydrogens is 172 g/mol. The average molecular weight is 190 g/mol. The fourth-order valence-corrected chi connectivity index (χ4v) is 1.52. The molecule has 0 aromatic rings. The predicted molar refractivity (Wildman–Crippen MR) is 60.1 cm³/mol. The van der Waals surface area contributed by atoms with Gasteiger partial charge in [-0.1, -0.05) is 24.3 Å². The van der Waals surface area contributed by atoms with E-state index >= 15 is 0 Å². The molecule has 0 aromatic heterocycles. The fourth-order valence-electron chi connectivity index (χ4n) is 1.52. The first-order chi connectivity index (χ1) is 6.75. The van der Waals surface area contributed by atoms with Gasteiger partial charge in [0, 0.05) is 0 Å². The molecule has 0 fully saturated rings. The minimum Gasteiger partial charge on any atom is -0.289 e. The molecule has 76 valence electrons. The van der Waals surface area contributed by atoms with Crippen LogP contribution in [-0.2, 0) is 4.79 Å². The molecule has 0 saturated carbocycles. The van der Waals surface area contributed by atoms with Crippen LogP contribution in [0.3, 0.4) is 0 Å². The second-order valence-electron chi connectivity index (χ2n) is 3.62. The van der Waals surface area contributed by atoms with Crippen LogP contribution in [0.15, 0.2) is 35.5 Å². The molecule has 0 radical (unpaired) electrons. The molecule has 0 bridgehead atoms. The Morgan fingerprint density at radius 1 is 1.29 bits per heavy atom. The van der Waals surface area contributed by atoms with Crippen molar-refractivity contribution < 1.29 is 4.79 Å². The fraction of sp³-hybridized carbons (Fsp3) is 0.462. The summed E-state index contributed by atoms with van der Waals surface area (Å²) in [5.74, 6) is 0.225. The Balaban J connectivity index is 2.71. The number of carbonyl (C=O) groups is 1. The molecule has 0 aromatic carbocycles. The van der Waals surface area contributed by atoms with Crippen LogP contribution in [0.2, 0.25) is 0 Å². The minimum atomic E-state index is 0.225. The highest BCUT2D eigenvalue weighted by Gasteiger charge is 2.10. The van der Waals surface area contributed by atoms with E-state index < -0.39 is 0 Å². The minimum absolute atomic E-state index is 0.225. The molecule has 0 heterocycles. The molecule has 1 aliphatic rings. The van der Waals surface area contributed by atoms with Gasteiger partial charge in [-0.25, -0.2) is 0 Å². The summed E-state index contributed by atoms with van der Waals surface area (Å²) in [6, 6.07) is 0. The van der Waals surface area contributed by atoms with E-state index in [-0.39, 0.29) is 5.78 Å². The van der Waals surface area contributed by atoms with Gasteiger partial charge in [0.1, 0.15) is 0 Å². The van der Waals surface area contributed by atoms with Crippen LogP contribution in [0.1, 0.15) is 39.5 Å². The lowest BCUT2D eigenvalue weighted by Gasteiger charge is -2.07. The van der Waals surface area contributed by atoms with Gasteiger partial charge in [0.25, 0.3) is 0 Å². The number of hydrogen-bond donors (Lipinski definition) is 0. The average Bonchev–Trinajstić information content (AvgIpc) is 2.15. The number of ketones is 1. The summed E-state index contributed by atoms with van der Waals surface area (Å²) in [7, 11) is 0. The third-order valence-electron chi connectivity index (χ3n) is 2.55. The van der Waals surface area contributed by atoms with E-state index in [1.54, 1.807) is 0 Å². The summed E-state index contributed by atoms with van der Waals surface area (Å²) in [6.45, 7) is 3.80. The molecule has 0 spiro atoms. The summed E-state index contributed by atoms with van der Waals surface area (Å²) in [4.78, 5) is 11.8. The third kappa shape index (κ3) is 2.99. The van der Waals surface area contributed by atoms with Crippen LogP contribution in [0.5, 0.6) is 0 Å². The SMILES string of the molecule is C/C=C(\C)C(=O)/C1=C/CC/C=C\CC1. The Labute approximate surface area is 86.2 Å². The maximum atomic E-state index is 11.8. The summed E-state index contributed by atoms with van der Waals surface area (Å²) in [5, 5.41) is 0. The van der Waals surface area contributed by atoms with E-state index in [4.69, 9.17) is 0 Å². The Hall–Kier alpha value is -1.11. The second-order valence-corrected chi connectivity index (χ2v) is 3.62. The van der Waals surface area contributed by atoms with Gasteiger partial charge in [0.2, 0.25) is 0 Å². The topological polar surface area (TPSA) is 17.1 Å². The number of allylic oxidation sites excluding steroid dienone is 6. The maximum absolute atomic E-state index is 11.8.